The van der Waals surface area contributed by atoms with Crippen LogP contribution in [-0.2, 0) is 16.5 Å². The van der Waals surface area contributed by atoms with Gasteiger partial charge in [0.15, 0.2) is 11.5 Å². The summed E-state index contributed by atoms with van der Waals surface area (Å²) in [7, 11) is -2.11. The zero-order valence-electron chi connectivity index (χ0n) is 13.6. The van der Waals surface area contributed by atoms with E-state index in [1.165, 1.54) is 14.2 Å². The number of phenols is 1. The molecule has 0 spiro atoms. The van der Waals surface area contributed by atoms with Gasteiger partial charge in [0.1, 0.15) is 10.1 Å². The van der Waals surface area contributed by atoms with Crippen LogP contribution in [0.15, 0.2) is 4.90 Å². The number of phenolic OH excluding ortho intramolecular Hbond substituents is 1. The maximum atomic E-state index is 11.9. The van der Waals surface area contributed by atoms with Gasteiger partial charge in [-0.3, -0.25) is 0 Å². The van der Waals surface area contributed by atoms with Crippen LogP contribution in [0.2, 0.25) is 0 Å². The average Bonchev–Trinajstić information content (AvgIpc) is 2.45. The number of methoxy groups -OCH3 is 2. The SMILES string of the molecule is CCCc1c(OC)c(O)c(OC)c(C(C)CC)c1S(=O)(=O)[O-]. The van der Waals surface area contributed by atoms with Crippen molar-refractivity contribution in [2.75, 3.05) is 14.2 Å². The summed E-state index contributed by atoms with van der Waals surface area (Å²) in [6.45, 7) is 5.51. The molecule has 0 aliphatic heterocycles. The Hall–Kier alpha value is -1.47. The lowest BCUT2D eigenvalue weighted by molar-refractivity contribution is 0.328. The lowest BCUT2D eigenvalue weighted by atomic mass is 9.93. The molecule has 126 valence electrons. The van der Waals surface area contributed by atoms with Crippen molar-refractivity contribution >= 4 is 10.1 Å². The second-order valence-corrected chi connectivity index (χ2v) is 6.47. The van der Waals surface area contributed by atoms with Crippen molar-refractivity contribution < 1.29 is 27.6 Å². The van der Waals surface area contributed by atoms with Gasteiger partial charge in [0.05, 0.1) is 19.1 Å². The molecule has 1 rings (SSSR count). The molecular weight excluding hydrogens is 308 g/mol. The van der Waals surface area contributed by atoms with Crippen LogP contribution in [0, 0.1) is 0 Å². The van der Waals surface area contributed by atoms with Crippen molar-refractivity contribution in [2.24, 2.45) is 0 Å². The maximum Gasteiger partial charge on any atom is 0.201 e. The van der Waals surface area contributed by atoms with Crippen LogP contribution in [0.25, 0.3) is 0 Å². The Bertz CT molecular complexity index is 636. The topological polar surface area (TPSA) is 95.9 Å². The van der Waals surface area contributed by atoms with Gasteiger partial charge in [0.2, 0.25) is 5.75 Å². The molecule has 1 aromatic carbocycles. The zero-order chi connectivity index (χ0) is 17.1. The van der Waals surface area contributed by atoms with E-state index in [0.717, 1.165) is 0 Å². The van der Waals surface area contributed by atoms with Gasteiger partial charge in [-0.2, -0.15) is 0 Å². The Balaban J connectivity index is 4.02. The van der Waals surface area contributed by atoms with E-state index in [1.807, 2.05) is 13.8 Å². The highest BCUT2D eigenvalue weighted by molar-refractivity contribution is 7.85. The average molecular weight is 331 g/mol. The van der Waals surface area contributed by atoms with Gasteiger partial charge in [0.25, 0.3) is 0 Å². The largest absolute Gasteiger partial charge is 0.744 e. The third-order valence-electron chi connectivity index (χ3n) is 3.73. The minimum Gasteiger partial charge on any atom is -0.744 e. The van der Waals surface area contributed by atoms with E-state index in [2.05, 4.69) is 0 Å². The van der Waals surface area contributed by atoms with E-state index in [-0.39, 0.29) is 39.2 Å². The Morgan fingerprint density at radius 1 is 1.18 bits per heavy atom. The van der Waals surface area contributed by atoms with Gasteiger partial charge < -0.3 is 19.1 Å². The normalized spacial score (nSPS) is 13.0. The second kappa shape index (κ2) is 7.19. The molecule has 0 bridgehead atoms. The standard InChI is InChI=1S/C15H24O6S/c1-6-8-10-13(20-4)12(16)14(21-5)11(9(3)7-2)15(10)22(17,18)19/h9,16H,6-8H2,1-5H3,(H,17,18,19)/p-1. The second-order valence-electron chi connectivity index (χ2n) is 5.15. The molecule has 1 unspecified atom stereocenters. The first-order valence-electron chi connectivity index (χ1n) is 7.19. The summed E-state index contributed by atoms with van der Waals surface area (Å²) >= 11 is 0. The van der Waals surface area contributed by atoms with Crippen LogP contribution in [0.4, 0.5) is 0 Å². The molecule has 1 N–H and O–H groups in total. The molecule has 22 heavy (non-hydrogen) atoms. The number of hydrogen-bond acceptors (Lipinski definition) is 6. The molecule has 0 amide bonds. The van der Waals surface area contributed by atoms with Crippen LogP contribution < -0.4 is 9.47 Å². The first-order valence-corrected chi connectivity index (χ1v) is 8.60. The van der Waals surface area contributed by atoms with Crippen molar-refractivity contribution in [3.05, 3.63) is 11.1 Å². The lowest BCUT2D eigenvalue weighted by Crippen LogP contribution is -2.13. The quantitative estimate of drug-likeness (QED) is 0.772. The Labute approximate surface area is 131 Å². The summed E-state index contributed by atoms with van der Waals surface area (Å²) in [5.41, 5.74) is 0.440. The minimum absolute atomic E-state index is 0.0134. The summed E-state index contributed by atoms with van der Waals surface area (Å²) in [5.74, 6) is -0.558. The predicted octanol–water partition coefficient (Wildman–Crippen LogP) is 2.78. The molecule has 1 atom stereocenters. The van der Waals surface area contributed by atoms with Gasteiger partial charge in [-0.1, -0.05) is 27.2 Å². The number of benzene rings is 1. The van der Waals surface area contributed by atoms with Gasteiger partial charge in [-0.05, 0) is 18.8 Å². The van der Waals surface area contributed by atoms with E-state index in [4.69, 9.17) is 9.47 Å². The van der Waals surface area contributed by atoms with Crippen molar-refractivity contribution in [1.29, 1.82) is 0 Å². The fraction of sp³-hybridized carbons (Fsp3) is 0.600. The highest BCUT2D eigenvalue weighted by Gasteiger charge is 2.30. The van der Waals surface area contributed by atoms with Crippen LogP contribution >= 0.6 is 0 Å². The van der Waals surface area contributed by atoms with E-state index in [0.29, 0.717) is 19.3 Å². The molecule has 0 saturated carbocycles. The van der Waals surface area contributed by atoms with Gasteiger partial charge in [0, 0.05) is 11.1 Å². The summed E-state index contributed by atoms with van der Waals surface area (Å²) in [6.07, 6.45) is 1.50. The Kier molecular flexibility index (Phi) is 6.08. The van der Waals surface area contributed by atoms with Crippen molar-refractivity contribution in [3.63, 3.8) is 0 Å². The molecule has 0 saturated heterocycles. The smallest absolute Gasteiger partial charge is 0.201 e. The monoisotopic (exact) mass is 331 g/mol. The van der Waals surface area contributed by atoms with Crippen LogP contribution in [0.1, 0.15) is 50.7 Å². The fourth-order valence-electron chi connectivity index (χ4n) is 2.58. The highest BCUT2D eigenvalue weighted by Crippen LogP contribution is 2.49. The van der Waals surface area contributed by atoms with Gasteiger partial charge >= 0.3 is 0 Å². The molecule has 0 aliphatic carbocycles. The van der Waals surface area contributed by atoms with E-state index in [9.17, 15) is 18.1 Å². The highest BCUT2D eigenvalue weighted by atomic mass is 32.2. The van der Waals surface area contributed by atoms with E-state index in [1.54, 1.807) is 6.92 Å². The van der Waals surface area contributed by atoms with E-state index < -0.39 is 10.1 Å². The lowest BCUT2D eigenvalue weighted by Gasteiger charge is -2.26. The number of rotatable bonds is 7. The molecule has 0 aliphatic rings. The molecule has 6 nitrogen and oxygen atoms in total. The van der Waals surface area contributed by atoms with Crippen molar-refractivity contribution in [3.8, 4) is 17.2 Å². The first-order chi connectivity index (χ1) is 10.2. The maximum absolute atomic E-state index is 11.9. The summed E-state index contributed by atoms with van der Waals surface area (Å²) in [6, 6.07) is 0. The number of ether oxygens (including phenoxy) is 2. The summed E-state index contributed by atoms with van der Waals surface area (Å²) < 4.78 is 45.9. The Morgan fingerprint density at radius 3 is 2.09 bits per heavy atom. The zero-order valence-corrected chi connectivity index (χ0v) is 14.4. The molecule has 1 aromatic rings. The summed E-state index contributed by atoms with van der Waals surface area (Å²) in [4.78, 5) is -0.324. The first kappa shape index (κ1) is 18.6. The van der Waals surface area contributed by atoms with Gasteiger partial charge in [-0.15, -0.1) is 0 Å². The van der Waals surface area contributed by atoms with Crippen LogP contribution in [0.3, 0.4) is 0 Å². The number of hydrogen-bond donors (Lipinski definition) is 1. The van der Waals surface area contributed by atoms with Crippen LogP contribution in [0.5, 0.6) is 17.2 Å². The van der Waals surface area contributed by atoms with E-state index >= 15 is 0 Å². The minimum atomic E-state index is -4.74. The third-order valence-corrected chi connectivity index (χ3v) is 4.70. The third kappa shape index (κ3) is 3.30. The number of aromatic hydroxyl groups is 1. The molecule has 0 fully saturated rings. The molecule has 7 heteroatoms. The predicted molar refractivity (Wildman–Crippen MR) is 81.9 cm³/mol. The van der Waals surface area contributed by atoms with Gasteiger partial charge in [-0.25, -0.2) is 8.42 Å². The fourth-order valence-corrected chi connectivity index (χ4v) is 3.64. The summed E-state index contributed by atoms with van der Waals surface area (Å²) in [5, 5.41) is 10.4. The molecular formula is C15H23O6S-. The Morgan fingerprint density at radius 2 is 1.73 bits per heavy atom. The van der Waals surface area contributed by atoms with Crippen molar-refractivity contribution in [2.45, 2.75) is 50.8 Å². The molecule has 0 heterocycles. The molecule has 0 aromatic heterocycles. The van der Waals surface area contributed by atoms with Crippen molar-refractivity contribution in [1.82, 2.24) is 0 Å². The molecule has 0 radical (unpaired) electrons. The van der Waals surface area contributed by atoms with Crippen LogP contribution in [-0.4, -0.2) is 32.3 Å².